The van der Waals surface area contributed by atoms with E-state index in [2.05, 4.69) is 30.3 Å². The van der Waals surface area contributed by atoms with Crippen LogP contribution in [0.4, 0.5) is 0 Å². The summed E-state index contributed by atoms with van der Waals surface area (Å²) in [6.45, 7) is 0. The van der Waals surface area contributed by atoms with Crippen LogP contribution in [0.3, 0.4) is 0 Å². The van der Waals surface area contributed by atoms with Gasteiger partial charge >= 0.3 is 0 Å². The SMILES string of the molecule is [2H]c1cc2c(-c3cccc4ccccc34)c3c([2H])c([2H])c([2H])c([2H])c3c(-c3ccc(-c4ccc5ccccc5c4)cc3)c2c([2H])c1[2H]. The second-order valence-electron chi connectivity index (χ2n) is 9.99. The summed E-state index contributed by atoms with van der Waals surface area (Å²) in [5, 5.41) is 5.59. The van der Waals surface area contributed by atoms with Gasteiger partial charge < -0.3 is 0 Å². The Morgan fingerprint density at radius 2 is 0.950 bits per heavy atom. The van der Waals surface area contributed by atoms with Crippen LogP contribution in [0.25, 0.3) is 76.5 Å². The van der Waals surface area contributed by atoms with E-state index in [0.717, 1.165) is 38.2 Å². The molecule has 0 radical (unpaired) electrons. The molecule has 0 saturated carbocycles. The first-order valence-corrected chi connectivity index (χ1v) is 13.3. The summed E-state index contributed by atoms with van der Waals surface area (Å²) >= 11 is 0. The molecule has 0 aromatic heterocycles. The van der Waals surface area contributed by atoms with Crippen LogP contribution in [-0.4, -0.2) is 0 Å². The average Bonchev–Trinajstić information content (AvgIpc) is 3.11. The van der Waals surface area contributed by atoms with Crippen LogP contribution in [0.2, 0.25) is 0 Å². The zero-order valence-corrected chi connectivity index (χ0v) is 21.5. The van der Waals surface area contributed by atoms with Crippen molar-refractivity contribution in [1.82, 2.24) is 0 Å². The first kappa shape index (κ1) is 16.7. The van der Waals surface area contributed by atoms with Gasteiger partial charge in [0.1, 0.15) is 0 Å². The number of rotatable bonds is 3. The molecule has 8 aromatic carbocycles. The Labute approximate surface area is 243 Å². The standard InChI is InChI=1S/C40H26/c1-2-12-31-26-32(25-22-27(31)10-1)28-20-23-30(24-21-28)39-35-15-5-7-17-37(35)40(38-18-8-6-16-36(38)39)34-19-9-13-29-11-3-4-14-33(29)34/h1-26H/i5D,6D,7D,8D,15D,16D,17D. The van der Waals surface area contributed by atoms with Gasteiger partial charge in [-0.3, -0.25) is 0 Å². The lowest BCUT2D eigenvalue weighted by Crippen LogP contribution is -1.91. The Bertz CT molecular complexity index is 2580. The average molecular weight is 514 g/mol. The van der Waals surface area contributed by atoms with Crippen LogP contribution in [0.15, 0.2) is 158 Å². The molecule has 0 atom stereocenters. The largest absolute Gasteiger partial charge is 0.0629 e. The predicted octanol–water partition coefficient (Wildman–Crippen LogP) is 11.3. The van der Waals surface area contributed by atoms with Crippen molar-refractivity contribution in [2.45, 2.75) is 0 Å². The fourth-order valence-corrected chi connectivity index (χ4v) is 5.90. The minimum absolute atomic E-state index is 0.123. The van der Waals surface area contributed by atoms with Crippen molar-refractivity contribution in [3.8, 4) is 33.4 Å². The van der Waals surface area contributed by atoms with Crippen LogP contribution in [0.5, 0.6) is 0 Å². The fourth-order valence-electron chi connectivity index (χ4n) is 5.90. The fraction of sp³-hybridized carbons (Fsp3) is 0. The van der Waals surface area contributed by atoms with Gasteiger partial charge in [-0.05, 0) is 82.5 Å². The Morgan fingerprint density at radius 3 is 1.77 bits per heavy atom. The molecule has 8 aromatic rings. The number of fused-ring (bicyclic) bond motifs is 4. The van der Waals surface area contributed by atoms with Crippen molar-refractivity contribution in [2.75, 3.05) is 0 Å². The Balaban J connectivity index is 1.51. The summed E-state index contributed by atoms with van der Waals surface area (Å²) in [5.74, 6) is 0. The summed E-state index contributed by atoms with van der Waals surface area (Å²) in [6.07, 6.45) is 0. The number of hydrogen-bond acceptors (Lipinski definition) is 0. The maximum atomic E-state index is 9.20. The molecular formula is C40H26. The van der Waals surface area contributed by atoms with Crippen molar-refractivity contribution in [3.63, 3.8) is 0 Å². The molecule has 0 heterocycles. The Kier molecular flexibility index (Phi) is 3.85. The summed E-state index contributed by atoms with van der Waals surface area (Å²) in [4.78, 5) is 0. The third-order valence-electron chi connectivity index (χ3n) is 7.77. The van der Waals surface area contributed by atoms with Gasteiger partial charge in [0.2, 0.25) is 0 Å². The van der Waals surface area contributed by atoms with E-state index in [4.69, 9.17) is 5.48 Å². The molecule has 0 nitrogen and oxygen atoms in total. The minimum Gasteiger partial charge on any atom is -0.0616 e. The molecule has 8 rings (SSSR count). The minimum atomic E-state index is -0.366. The molecule has 0 unspecified atom stereocenters. The van der Waals surface area contributed by atoms with Crippen molar-refractivity contribution in [3.05, 3.63) is 158 Å². The van der Waals surface area contributed by atoms with Crippen LogP contribution in [-0.2, 0) is 0 Å². The highest BCUT2D eigenvalue weighted by Crippen LogP contribution is 2.45. The molecule has 186 valence electrons. The van der Waals surface area contributed by atoms with Gasteiger partial charge in [0, 0.05) is 0 Å². The van der Waals surface area contributed by atoms with Gasteiger partial charge in [0.25, 0.3) is 0 Å². The molecule has 0 aliphatic heterocycles. The maximum Gasteiger partial charge on any atom is 0.0629 e. The molecule has 0 N–H and O–H groups in total. The molecule has 0 spiro atoms. The monoisotopic (exact) mass is 513 g/mol. The van der Waals surface area contributed by atoms with E-state index in [-0.39, 0.29) is 47.7 Å². The lowest BCUT2D eigenvalue weighted by molar-refractivity contribution is 1.63. The summed E-state index contributed by atoms with van der Waals surface area (Å²) in [7, 11) is 0. The quantitative estimate of drug-likeness (QED) is 0.206. The first-order valence-electron chi connectivity index (χ1n) is 16.8. The number of hydrogen-bond donors (Lipinski definition) is 0. The highest BCUT2D eigenvalue weighted by molar-refractivity contribution is 6.23. The number of benzene rings is 8. The van der Waals surface area contributed by atoms with Gasteiger partial charge in [-0.2, -0.15) is 0 Å². The Morgan fingerprint density at radius 1 is 0.350 bits per heavy atom. The van der Waals surface area contributed by atoms with Crippen LogP contribution < -0.4 is 0 Å². The normalized spacial score (nSPS) is 13.9. The molecule has 0 saturated heterocycles. The molecule has 0 aliphatic carbocycles. The van der Waals surface area contributed by atoms with Gasteiger partial charge in [-0.25, -0.2) is 0 Å². The zero-order chi connectivity index (χ0) is 32.6. The van der Waals surface area contributed by atoms with Crippen molar-refractivity contribution in [2.24, 2.45) is 0 Å². The van der Waals surface area contributed by atoms with Crippen molar-refractivity contribution < 1.29 is 9.60 Å². The molecular weight excluding hydrogens is 480 g/mol. The molecule has 40 heavy (non-hydrogen) atoms. The summed E-state index contributed by atoms with van der Waals surface area (Å²) in [5.41, 5.74) is 4.38. The highest BCUT2D eigenvalue weighted by Gasteiger charge is 2.17. The van der Waals surface area contributed by atoms with Crippen LogP contribution in [0.1, 0.15) is 9.60 Å². The van der Waals surface area contributed by atoms with Gasteiger partial charge in [0.15, 0.2) is 0 Å². The van der Waals surface area contributed by atoms with Gasteiger partial charge in [0.05, 0.1) is 9.60 Å². The lowest BCUT2D eigenvalue weighted by atomic mass is 9.84. The maximum absolute atomic E-state index is 9.20. The van der Waals surface area contributed by atoms with Gasteiger partial charge in [-0.15, -0.1) is 0 Å². The van der Waals surface area contributed by atoms with E-state index in [1.807, 2.05) is 78.9 Å². The third kappa shape index (κ3) is 3.61. The third-order valence-corrected chi connectivity index (χ3v) is 7.77. The predicted molar refractivity (Wildman–Crippen MR) is 173 cm³/mol. The second-order valence-corrected chi connectivity index (χ2v) is 9.99. The van der Waals surface area contributed by atoms with Crippen LogP contribution >= 0.6 is 0 Å². The van der Waals surface area contributed by atoms with E-state index >= 15 is 0 Å². The van der Waals surface area contributed by atoms with Crippen molar-refractivity contribution >= 4 is 43.1 Å². The highest BCUT2D eigenvalue weighted by atomic mass is 14.2. The lowest BCUT2D eigenvalue weighted by Gasteiger charge is -2.19. The summed E-state index contributed by atoms with van der Waals surface area (Å²) in [6, 6.07) is 35.8. The first-order chi connectivity index (χ1) is 22.7. The van der Waals surface area contributed by atoms with E-state index in [1.165, 1.54) is 0 Å². The van der Waals surface area contributed by atoms with Crippen molar-refractivity contribution in [1.29, 1.82) is 0 Å². The van der Waals surface area contributed by atoms with E-state index in [9.17, 15) is 4.11 Å². The topological polar surface area (TPSA) is 0 Å². The molecule has 0 bridgehead atoms. The zero-order valence-electron chi connectivity index (χ0n) is 28.5. The second kappa shape index (κ2) is 9.22. The van der Waals surface area contributed by atoms with E-state index < -0.39 is 0 Å². The van der Waals surface area contributed by atoms with E-state index in [1.54, 1.807) is 6.07 Å². The smallest absolute Gasteiger partial charge is 0.0616 e. The van der Waals surface area contributed by atoms with Gasteiger partial charge in [-0.1, -0.05) is 151 Å². The molecule has 0 amide bonds. The summed E-state index contributed by atoms with van der Waals surface area (Å²) < 4.78 is 62.2. The van der Waals surface area contributed by atoms with E-state index in [0.29, 0.717) is 32.8 Å². The molecule has 0 heteroatoms. The van der Waals surface area contributed by atoms with Crippen LogP contribution in [0, 0.1) is 0 Å². The Hall–Kier alpha value is -5.20. The molecule has 0 fully saturated rings. The molecule has 0 aliphatic rings.